The molecule has 0 aromatic rings. The summed E-state index contributed by atoms with van der Waals surface area (Å²) in [5.41, 5.74) is -2.34. The molecule has 0 bridgehead atoms. The van der Waals surface area contributed by atoms with Gasteiger partial charge in [-0.25, -0.2) is 4.79 Å². The maximum Gasteiger partial charge on any atom is 0.339 e. The van der Waals surface area contributed by atoms with E-state index >= 15 is 0 Å². The predicted octanol–water partition coefficient (Wildman–Crippen LogP) is 1.13. The third-order valence-electron chi connectivity index (χ3n) is 5.25. The van der Waals surface area contributed by atoms with Gasteiger partial charge in [0.2, 0.25) is 11.4 Å². The summed E-state index contributed by atoms with van der Waals surface area (Å²) in [6.45, 7) is 1.72. The normalized spacial score (nSPS) is 42.8. The molecule has 3 unspecified atom stereocenters. The van der Waals surface area contributed by atoms with E-state index in [0.717, 1.165) is 19.3 Å². The van der Waals surface area contributed by atoms with Gasteiger partial charge in [0.25, 0.3) is 0 Å². The minimum atomic E-state index is -1.33. The molecule has 0 radical (unpaired) electrons. The summed E-state index contributed by atoms with van der Waals surface area (Å²) < 4.78 is 5.34. The van der Waals surface area contributed by atoms with Gasteiger partial charge in [-0.15, -0.1) is 11.6 Å². The number of amides is 1. The molecule has 2 fully saturated rings. The van der Waals surface area contributed by atoms with Crippen LogP contribution in [0.25, 0.3) is 0 Å². The third kappa shape index (κ3) is 1.80. The molecular weight excluding hydrogens is 294 g/mol. The molecule has 5 atom stereocenters. The molecular formula is C15H20ClNO4. The Balaban J connectivity index is 1.94. The first-order valence-electron chi connectivity index (χ1n) is 7.43. The van der Waals surface area contributed by atoms with Gasteiger partial charge >= 0.3 is 5.97 Å². The molecule has 1 aliphatic carbocycles. The topological polar surface area (TPSA) is 75.6 Å². The maximum absolute atomic E-state index is 12.2. The minimum absolute atomic E-state index is 0.138. The van der Waals surface area contributed by atoms with Gasteiger partial charge in [0.15, 0.2) is 5.60 Å². The van der Waals surface area contributed by atoms with E-state index in [2.05, 4.69) is 5.32 Å². The van der Waals surface area contributed by atoms with E-state index in [1.54, 1.807) is 6.92 Å². The highest BCUT2D eigenvalue weighted by Gasteiger charge is 2.79. The Kier molecular flexibility index (Phi) is 3.53. The highest BCUT2D eigenvalue weighted by atomic mass is 35.5. The van der Waals surface area contributed by atoms with Gasteiger partial charge in [0.1, 0.15) is 0 Å². The van der Waals surface area contributed by atoms with Crippen molar-refractivity contribution < 1.29 is 19.4 Å². The number of aliphatic hydroxyl groups is 1. The highest BCUT2D eigenvalue weighted by molar-refractivity contribution is 6.18. The number of allylic oxidation sites excluding steroid dienone is 1. The Bertz CT molecular complexity index is 508. The molecule has 2 heterocycles. The second kappa shape index (κ2) is 4.99. The monoisotopic (exact) mass is 313 g/mol. The quantitative estimate of drug-likeness (QED) is 0.463. The molecule has 21 heavy (non-hydrogen) atoms. The number of halogens is 1. The number of fused-ring (bicyclic) bond motifs is 1. The fourth-order valence-corrected chi connectivity index (χ4v) is 4.21. The van der Waals surface area contributed by atoms with Crippen molar-refractivity contribution in [3.8, 4) is 0 Å². The van der Waals surface area contributed by atoms with Crippen LogP contribution >= 0.6 is 11.6 Å². The number of ether oxygens (including phenoxy) is 1. The third-order valence-corrected chi connectivity index (χ3v) is 5.47. The zero-order chi connectivity index (χ0) is 15.3. The second-order valence-corrected chi connectivity index (χ2v) is 6.67. The maximum atomic E-state index is 12.2. The average Bonchev–Trinajstić information content (AvgIpc) is 2.65. The van der Waals surface area contributed by atoms with Crippen LogP contribution in [-0.2, 0) is 14.3 Å². The van der Waals surface area contributed by atoms with E-state index in [1.165, 1.54) is 0 Å². The van der Waals surface area contributed by atoms with Crippen molar-refractivity contribution in [2.24, 2.45) is 11.8 Å². The number of alkyl halides is 1. The number of hydrogen-bond donors (Lipinski definition) is 2. The SMILES string of the molecule is C[C@@]12OC(=O)[C@]1(C(O)C1C=CCCC1)NC(=O)C2CCCl. The second-order valence-electron chi connectivity index (χ2n) is 6.29. The molecule has 6 heteroatoms. The van der Waals surface area contributed by atoms with Crippen molar-refractivity contribution >= 4 is 23.5 Å². The predicted molar refractivity (Wildman–Crippen MR) is 76.7 cm³/mol. The van der Waals surface area contributed by atoms with Crippen LogP contribution in [0.1, 0.15) is 32.6 Å². The summed E-state index contributed by atoms with van der Waals surface area (Å²) in [7, 11) is 0. The Hall–Kier alpha value is -1.07. The molecule has 2 N–H and O–H groups in total. The largest absolute Gasteiger partial charge is 0.453 e. The first kappa shape index (κ1) is 14.9. The standard InChI is InChI=1S/C15H20ClNO4/c1-14-10(7-8-16)12(19)17-15(14,13(20)21-14)11(18)9-5-3-2-4-6-9/h3,5,9-11,18H,2,4,6-8H2,1H3,(H,17,19)/t9?,10?,11?,14-,15-/m0/s1. The van der Waals surface area contributed by atoms with E-state index in [-0.39, 0.29) is 11.8 Å². The molecule has 0 aromatic carbocycles. The van der Waals surface area contributed by atoms with Gasteiger partial charge in [0.05, 0.1) is 12.0 Å². The van der Waals surface area contributed by atoms with E-state index in [0.29, 0.717) is 12.3 Å². The van der Waals surface area contributed by atoms with Gasteiger partial charge in [-0.2, -0.15) is 0 Å². The number of esters is 1. The summed E-state index contributed by atoms with van der Waals surface area (Å²) in [5.74, 6) is -1.14. The lowest BCUT2D eigenvalue weighted by atomic mass is 9.64. The van der Waals surface area contributed by atoms with E-state index in [4.69, 9.17) is 16.3 Å². The number of rotatable bonds is 4. The van der Waals surface area contributed by atoms with Crippen LogP contribution in [0.5, 0.6) is 0 Å². The molecule has 5 nitrogen and oxygen atoms in total. The molecule has 2 aliphatic heterocycles. The van der Waals surface area contributed by atoms with Crippen LogP contribution in [0.15, 0.2) is 12.2 Å². The zero-order valence-corrected chi connectivity index (χ0v) is 12.7. The van der Waals surface area contributed by atoms with Crippen molar-refractivity contribution in [3.63, 3.8) is 0 Å². The van der Waals surface area contributed by atoms with Crippen LogP contribution in [0.4, 0.5) is 0 Å². The summed E-state index contributed by atoms with van der Waals surface area (Å²) >= 11 is 5.76. The fourth-order valence-electron chi connectivity index (χ4n) is 3.99. The number of nitrogens with one attached hydrogen (secondary N) is 1. The van der Waals surface area contributed by atoms with Crippen LogP contribution in [0.3, 0.4) is 0 Å². The lowest BCUT2D eigenvalue weighted by Crippen LogP contribution is -2.80. The summed E-state index contributed by atoms with van der Waals surface area (Å²) in [6, 6.07) is 0. The van der Waals surface area contributed by atoms with Crippen LogP contribution < -0.4 is 5.32 Å². The number of carbonyl (C=O) groups is 2. The van der Waals surface area contributed by atoms with Gasteiger partial charge in [-0.05, 0) is 32.6 Å². The molecule has 1 amide bonds. The minimum Gasteiger partial charge on any atom is -0.453 e. The molecule has 0 spiro atoms. The van der Waals surface area contributed by atoms with Gasteiger partial charge < -0.3 is 15.2 Å². The zero-order valence-electron chi connectivity index (χ0n) is 12.0. The fraction of sp³-hybridized carbons (Fsp3) is 0.733. The first-order chi connectivity index (χ1) is 9.97. The summed E-state index contributed by atoms with van der Waals surface area (Å²) in [4.78, 5) is 24.4. The van der Waals surface area contributed by atoms with E-state index < -0.39 is 29.1 Å². The average molecular weight is 314 g/mol. The smallest absolute Gasteiger partial charge is 0.339 e. The van der Waals surface area contributed by atoms with Crippen LogP contribution in [-0.4, -0.2) is 40.1 Å². The Morgan fingerprint density at radius 1 is 1.57 bits per heavy atom. The van der Waals surface area contributed by atoms with Gasteiger partial charge in [-0.1, -0.05) is 12.2 Å². The van der Waals surface area contributed by atoms with Crippen molar-refractivity contribution in [1.82, 2.24) is 5.32 Å². The Labute approximate surface area is 128 Å². The number of aliphatic hydroxyl groups excluding tert-OH is 1. The molecule has 116 valence electrons. The molecule has 3 rings (SSSR count). The molecule has 3 aliphatic rings. The van der Waals surface area contributed by atoms with Gasteiger partial charge in [0, 0.05) is 11.8 Å². The van der Waals surface area contributed by atoms with Crippen LogP contribution in [0, 0.1) is 11.8 Å². The van der Waals surface area contributed by atoms with Crippen molar-refractivity contribution in [3.05, 3.63) is 12.2 Å². The van der Waals surface area contributed by atoms with Crippen molar-refractivity contribution in [2.45, 2.75) is 49.9 Å². The summed E-state index contributed by atoms with van der Waals surface area (Å²) in [5, 5.41) is 13.5. The van der Waals surface area contributed by atoms with E-state index in [9.17, 15) is 14.7 Å². The van der Waals surface area contributed by atoms with Crippen LogP contribution in [0.2, 0.25) is 0 Å². The van der Waals surface area contributed by atoms with Gasteiger partial charge in [-0.3, -0.25) is 4.79 Å². The first-order valence-corrected chi connectivity index (χ1v) is 7.97. The van der Waals surface area contributed by atoms with E-state index in [1.807, 2.05) is 12.2 Å². The molecule has 0 aromatic heterocycles. The lowest BCUT2D eigenvalue weighted by Gasteiger charge is -2.54. The van der Waals surface area contributed by atoms with Crippen molar-refractivity contribution in [1.29, 1.82) is 0 Å². The number of carbonyl (C=O) groups excluding carboxylic acids is 2. The Morgan fingerprint density at radius 2 is 2.33 bits per heavy atom. The summed E-state index contributed by atoms with van der Waals surface area (Å²) in [6.07, 6.45) is 6.17. The lowest BCUT2D eigenvalue weighted by molar-refractivity contribution is -0.238. The highest BCUT2D eigenvalue weighted by Crippen LogP contribution is 2.53. The number of hydrogen-bond acceptors (Lipinski definition) is 4. The van der Waals surface area contributed by atoms with Crippen molar-refractivity contribution in [2.75, 3.05) is 5.88 Å². The molecule has 0 saturated carbocycles. The Morgan fingerprint density at radius 3 is 2.90 bits per heavy atom. The molecule has 2 saturated heterocycles.